The largest absolute Gasteiger partial charge is 0.298 e. The molecule has 0 spiro atoms. The molecule has 0 radical (unpaired) electrons. The molecule has 0 saturated heterocycles. The van der Waals surface area contributed by atoms with Gasteiger partial charge in [0.1, 0.15) is 6.29 Å². The topological polar surface area (TPSA) is 51.2 Å². The molecule has 0 heterocycles. The number of benzene rings is 1. The summed E-state index contributed by atoms with van der Waals surface area (Å²) in [6.45, 7) is 1.86. The fourth-order valence-electron chi connectivity index (χ4n) is 1.38. The highest BCUT2D eigenvalue weighted by atomic mass is 32.2. The Balaban J connectivity index is 2.48. The van der Waals surface area contributed by atoms with Gasteiger partial charge in [0.25, 0.3) is 0 Å². The van der Waals surface area contributed by atoms with Crippen LogP contribution in [0.1, 0.15) is 23.7 Å². The van der Waals surface area contributed by atoms with Crippen molar-refractivity contribution in [2.75, 3.05) is 17.3 Å². The zero-order valence-electron chi connectivity index (χ0n) is 9.76. The Kier molecular flexibility index (Phi) is 5.71. The molecule has 0 saturated carbocycles. The van der Waals surface area contributed by atoms with Crippen molar-refractivity contribution < 1.29 is 13.2 Å². The van der Waals surface area contributed by atoms with Gasteiger partial charge in [0, 0.05) is 22.0 Å². The summed E-state index contributed by atoms with van der Waals surface area (Å²) in [5, 5.41) is 0. The first-order chi connectivity index (χ1) is 8.07. The van der Waals surface area contributed by atoms with Crippen molar-refractivity contribution >= 4 is 27.9 Å². The zero-order chi connectivity index (χ0) is 12.7. The Morgan fingerprint density at radius 3 is 2.71 bits per heavy atom. The first kappa shape index (κ1) is 14.3. The summed E-state index contributed by atoms with van der Waals surface area (Å²) in [6, 6.07) is 7.17. The van der Waals surface area contributed by atoms with Crippen molar-refractivity contribution in [1.29, 1.82) is 0 Å². The molecule has 0 bridgehead atoms. The third-order valence-corrected chi connectivity index (χ3v) is 5.28. The van der Waals surface area contributed by atoms with E-state index in [4.69, 9.17) is 0 Å². The normalized spacial score (nSPS) is 11.4. The van der Waals surface area contributed by atoms with Crippen molar-refractivity contribution in [3.63, 3.8) is 0 Å². The summed E-state index contributed by atoms with van der Waals surface area (Å²) in [5.74, 6) is 0.976. The SMILES string of the molecule is CCCS(=O)(=O)CCSc1cccc(C=O)c1. The van der Waals surface area contributed by atoms with Gasteiger partial charge in [-0.05, 0) is 18.6 Å². The molecule has 0 N–H and O–H groups in total. The fourth-order valence-corrected chi connectivity index (χ4v) is 4.18. The van der Waals surface area contributed by atoms with Gasteiger partial charge in [0.15, 0.2) is 9.84 Å². The molecule has 0 atom stereocenters. The Hall–Kier alpha value is -0.810. The van der Waals surface area contributed by atoms with Crippen LogP contribution in [0.15, 0.2) is 29.2 Å². The number of aldehydes is 1. The van der Waals surface area contributed by atoms with Crippen molar-refractivity contribution in [2.24, 2.45) is 0 Å². The van der Waals surface area contributed by atoms with E-state index in [1.807, 2.05) is 13.0 Å². The van der Waals surface area contributed by atoms with Crippen LogP contribution in [0.4, 0.5) is 0 Å². The van der Waals surface area contributed by atoms with E-state index in [1.165, 1.54) is 11.8 Å². The van der Waals surface area contributed by atoms with Crippen LogP contribution in [0.25, 0.3) is 0 Å². The number of rotatable bonds is 7. The third kappa shape index (κ3) is 5.37. The van der Waals surface area contributed by atoms with Gasteiger partial charge in [0.2, 0.25) is 0 Å². The van der Waals surface area contributed by atoms with Gasteiger partial charge in [-0.25, -0.2) is 8.42 Å². The first-order valence-corrected chi connectivity index (χ1v) is 8.26. The zero-order valence-corrected chi connectivity index (χ0v) is 11.4. The molecule has 0 aromatic heterocycles. The van der Waals surface area contributed by atoms with E-state index in [1.54, 1.807) is 18.2 Å². The van der Waals surface area contributed by atoms with Crippen LogP contribution in [0.3, 0.4) is 0 Å². The monoisotopic (exact) mass is 272 g/mol. The van der Waals surface area contributed by atoms with Crippen LogP contribution in [-0.2, 0) is 9.84 Å². The summed E-state index contributed by atoms with van der Waals surface area (Å²) < 4.78 is 22.9. The maximum Gasteiger partial charge on any atom is 0.151 e. The molecule has 5 heteroatoms. The molecule has 0 aliphatic heterocycles. The van der Waals surface area contributed by atoms with Gasteiger partial charge in [0.05, 0.1) is 5.75 Å². The van der Waals surface area contributed by atoms with Crippen molar-refractivity contribution in [2.45, 2.75) is 18.2 Å². The second kappa shape index (κ2) is 6.81. The summed E-state index contributed by atoms with van der Waals surface area (Å²) in [5.41, 5.74) is 0.617. The molecule has 0 aliphatic rings. The maximum absolute atomic E-state index is 11.5. The van der Waals surface area contributed by atoms with Crippen molar-refractivity contribution in [3.05, 3.63) is 29.8 Å². The minimum absolute atomic E-state index is 0.191. The number of thioether (sulfide) groups is 1. The van der Waals surface area contributed by atoms with E-state index >= 15 is 0 Å². The lowest BCUT2D eigenvalue weighted by molar-refractivity contribution is 0.112. The summed E-state index contributed by atoms with van der Waals surface area (Å²) in [4.78, 5) is 11.5. The smallest absolute Gasteiger partial charge is 0.151 e. The average molecular weight is 272 g/mol. The van der Waals surface area contributed by atoms with Gasteiger partial charge >= 0.3 is 0 Å². The Labute approximate surface area is 107 Å². The van der Waals surface area contributed by atoms with Gasteiger partial charge in [-0.1, -0.05) is 19.1 Å². The average Bonchev–Trinajstić information content (AvgIpc) is 2.29. The minimum atomic E-state index is -2.91. The van der Waals surface area contributed by atoms with E-state index in [0.717, 1.165) is 11.2 Å². The van der Waals surface area contributed by atoms with E-state index in [0.29, 0.717) is 17.7 Å². The summed E-state index contributed by atoms with van der Waals surface area (Å²) in [6.07, 6.45) is 1.45. The molecule has 0 unspecified atom stereocenters. The molecular weight excluding hydrogens is 256 g/mol. The molecule has 3 nitrogen and oxygen atoms in total. The van der Waals surface area contributed by atoms with Gasteiger partial charge < -0.3 is 0 Å². The summed E-state index contributed by atoms with van der Waals surface area (Å²) in [7, 11) is -2.91. The molecule has 94 valence electrons. The summed E-state index contributed by atoms with van der Waals surface area (Å²) >= 11 is 1.46. The van der Waals surface area contributed by atoms with Crippen molar-refractivity contribution in [3.8, 4) is 0 Å². The molecule has 1 aromatic carbocycles. The quantitative estimate of drug-likeness (QED) is 0.565. The molecule has 0 aliphatic carbocycles. The number of carbonyl (C=O) groups excluding carboxylic acids is 1. The minimum Gasteiger partial charge on any atom is -0.298 e. The molecule has 17 heavy (non-hydrogen) atoms. The Morgan fingerprint density at radius 2 is 2.06 bits per heavy atom. The lowest BCUT2D eigenvalue weighted by atomic mass is 10.2. The predicted molar refractivity (Wildman–Crippen MR) is 71.5 cm³/mol. The second-order valence-corrected chi connectivity index (χ2v) is 7.16. The number of hydrogen-bond acceptors (Lipinski definition) is 4. The standard InChI is InChI=1S/C12H16O3S2/c1-2-7-17(14,15)8-6-16-12-5-3-4-11(9-12)10-13/h3-5,9-10H,2,6-8H2,1H3. The van der Waals surface area contributed by atoms with Crippen molar-refractivity contribution in [1.82, 2.24) is 0 Å². The molecule has 0 fully saturated rings. The first-order valence-electron chi connectivity index (χ1n) is 5.46. The highest BCUT2D eigenvalue weighted by molar-refractivity contribution is 8.00. The molecule has 1 aromatic rings. The van der Waals surface area contributed by atoms with E-state index in [2.05, 4.69) is 0 Å². The van der Waals surface area contributed by atoms with Crippen LogP contribution in [0.5, 0.6) is 0 Å². The van der Waals surface area contributed by atoms with E-state index in [-0.39, 0.29) is 11.5 Å². The third-order valence-electron chi connectivity index (χ3n) is 2.17. The lowest BCUT2D eigenvalue weighted by Gasteiger charge is -2.03. The highest BCUT2D eigenvalue weighted by Crippen LogP contribution is 2.19. The maximum atomic E-state index is 11.5. The fraction of sp³-hybridized carbons (Fsp3) is 0.417. The number of sulfone groups is 1. The van der Waals surface area contributed by atoms with Crippen LogP contribution in [0.2, 0.25) is 0 Å². The number of hydrogen-bond donors (Lipinski definition) is 0. The van der Waals surface area contributed by atoms with Gasteiger partial charge in [-0.3, -0.25) is 4.79 Å². The van der Waals surface area contributed by atoms with Crippen LogP contribution < -0.4 is 0 Å². The molecule has 0 amide bonds. The number of carbonyl (C=O) groups is 1. The van der Waals surface area contributed by atoms with E-state index < -0.39 is 9.84 Å². The van der Waals surface area contributed by atoms with Gasteiger partial charge in [-0.2, -0.15) is 0 Å². The van der Waals surface area contributed by atoms with Crippen LogP contribution in [0, 0.1) is 0 Å². The van der Waals surface area contributed by atoms with Crippen LogP contribution in [-0.4, -0.2) is 32.0 Å². The van der Waals surface area contributed by atoms with Gasteiger partial charge in [-0.15, -0.1) is 11.8 Å². The Morgan fingerprint density at radius 1 is 1.29 bits per heavy atom. The Bertz CT molecular complexity index is 466. The highest BCUT2D eigenvalue weighted by Gasteiger charge is 2.09. The molecule has 1 rings (SSSR count). The lowest BCUT2D eigenvalue weighted by Crippen LogP contribution is -2.12. The predicted octanol–water partition coefficient (Wildman–Crippen LogP) is 2.42. The molecular formula is C12H16O3S2. The van der Waals surface area contributed by atoms with E-state index in [9.17, 15) is 13.2 Å². The van der Waals surface area contributed by atoms with Crippen LogP contribution >= 0.6 is 11.8 Å². The second-order valence-electron chi connectivity index (χ2n) is 3.69.